The summed E-state index contributed by atoms with van der Waals surface area (Å²) in [5, 5.41) is 3.06. The molecule has 0 aliphatic rings. The van der Waals surface area contributed by atoms with E-state index >= 15 is 0 Å². The molecule has 0 unspecified atom stereocenters. The summed E-state index contributed by atoms with van der Waals surface area (Å²) in [6, 6.07) is 9.71. The molecule has 0 fully saturated rings. The summed E-state index contributed by atoms with van der Waals surface area (Å²) in [5.74, 6) is 0.368. The fourth-order valence-corrected chi connectivity index (χ4v) is 1.70. The van der Waals surface area contributed by atoms with E-state index in [0.29, 0.717) is 18.6 Å². The van der Waals surface area contributed by atoms with Crippen LogP contribution in [0, 0.1) is 0 Å². The second-order valence-electron chi connectivity index (χ2n) is 3.59. The SMILES string of the molecule is Nc1nc(Cl)c(C=O)c(NCc2ccccc2)n1. The highest BCUT2D eigenvalue weighted by molar-refractivity contribution is 6.32. The standard InChI is InChI=1S/C12H11ClN4O/c13-10-9(7-18)11(17-12(14)16-10)15-6-8-4-2-1-3-5-8/h1-5,7H,6H2,(H3,14,15,16,17). The number of rotatable bonds is 4. The summed E-state index contributed by atoms with van der Waals surface area (Å²) in [6.07, 6.45) is 0.606. The molecule has 1 heterocycles. The van der Waals surface area contributed by atoms with E-state index in [1.165, 1.54) is 0 Å². The minimum atomic E-state index is 0.0289. The second kappa shape index (κ2) is 5.46. The number of carbonyl (C=O) groups excluding carboxylic acids is 1. The normalized spacial score (nSPS) is 10.1. The predicted octanol–water partition coefficient (Wildman–Crippen LogP) is 2.14. The van der Waals surface area contributed by atoms with Crippen LogP contribution in [-0.4, -0.2) is 16.3 Å². The highest BCUT2D eigenvalue weighted by Gasteiger charge is 2.10. The van der Waals surface area contributed by atoms with Crippen LogP contribution in [0.3, 0.4) is 0 Å². The van der Waals surface area contributed by atoms with Crippen molar-refractivity contribution >= 4 is 29.7 Å². The lowest BCUT2D eigenvalue weighted by molar-refractivity contribution is 0.112. The molecule has 0 aliphatic carbocycles. The van der Waals surface area contributed by atoms with Crippen LogP contribution in [0.5, 0.6) is 0 Å². The van der Waals surface area contributed by atoms with Crippen LogP contribution in [0.1, 0.15) is 15.9 Å². The highest BCUT2D eigenvalue weighted by Crippen LogP contribution is 2.20. The molecular formula is C12H11ClN4O. The van der Waals surface area contributed by atoms with Crippen molar-refractivity contribution in [2.45, 2.75) is 6.54 Å². The van der Waals surface area contributed by atoms with Crippen LogP contribution >= 0.6 is 11.6 Å². The van der Waals surface area contributed by atoms with E-state index in [1.54, 1.807) is 0 Å². The van der Waals surface area contributed by atoms with Gasteiger partial charge in [0, 0.05) is 6.54 Å². The lowest BCUT2D eigenvalue weighted by Crippen LogP contribution is -2.08. The van der Waals surface area contributed by atoms with Gasteiger partial charge < -0.3 is 11.1 Å². The Morgan fingerprint density at radius 1 is 1.28 bits per heavy atom. The molecule has 0 amide bonds. The molecule has 0 spiro atoms. The van der Waals surface area contributed by atoms with Gasteiger partial charge in [-0.1, -0.05) is 41.9 Å². The molecule has 92 valence electrons. The van der Waals surface area contributed by atoms with Gasteiger partial charge in [-0.15, -0.1) is 0 Å². The Morgan fingerprint density at radius 2 is 2.00 bits per heavy atom. The molecule has 6 heteroatoms. The summed E-state index contributed by atoms with van der Waals surface area (Å²) >= 11 is 5.81. The van der Waals surface area contributed by atoms with E-state index in [2.05, 4.69) is 15.3 Å². The summed E-state index contributed by atoms with van der Waals surface area (Å²) in [4.78, 5) is 18.6. The first-order chi connectivity index (χ1) is 8.70. The molecule has 1 aromatic heterocycles. The van der Waals surface area contributed by atoms with E-state index < -0.39 is 0 Å². The van der Waals surface area contributed by atoms with Crippen molar-refractivity contribution in [3.05, 3.63) is 46.6 Å². The Kier molecular flexibility index (Phi) is 3.74. The lowest BCUT2D eigenvalue weighted by atomic mass is 10.2. The first-order valence-corrected chi connectivity index (χ1v) is 5.64. The average Bonchev–Trinajstić information content (AvgIpc) is 2.37. The van der Waals surface area contributed by atoms with Crippen molar-refractivity contribution in [3.63, 3.8) is 0 Å². The zero-order valence-corrected chi connectivity index (χ0v) is 10.2. The van der Waals surface area contributed by atoms with Gasteiger partial charge in [0.25, 0.3) is 0 Å². The number of carbonyl (C=O) groups is 1. The molecular weight excluding hydrogens is 252 g/mol. The maximum atomic E-state index is 10.9. The number of anilines is 2. The molecule has 0 saturated carbocycles. The van der Waals surface area contributed by atoms with Gasteiger partial charge in [0.15, 0.2) is 6.29 Å². The Hall–Kier alpha value is -2.14. The first kappa shape index (κ1) is 12.3. The summed E-state index contributed by atoms with van der Waals surface area (Å²) in [5.41, 5.74) is 6.76. The van der Waals surface area contributed by atoms with Crippen molar-refractivity contribution in [1.29, 1.82) is 0 Å². The number of nitrogens with zero attached hydrogens (tertiary/aromatic N) is 2. The third kappa shape index (κ3) is 2.75. The van der Waals surface area contributed by atoms with Gasteiger partial charge in [0.05, 0.1) is 5.56 Å². The van der Waals surface area contributed by atoms with Crippen molar-refractivity contribution in [1.82, 2.24) is 9.97 Å². The van der Waals surface area contributed by atoms with Gasteiger partial charge in [-0.25, -0.2) is 4.98 Å². The number of hydrogen-bond donors (Lipinski definition) is 2. The van der Waals surface area contributed by atoms with Crippen molar-refractivity contribution in [2.24, 2.45) is 0 Å². The van der Waals surface area contributed by atoms with Gasteiger partial charge in [-0.2, -0.15) is 4.98 Å². The number of aromatic nitrogens is 2. The number of hydrogen-bond acceptors (Lipinski definition) is 5. The Labute approximate surface area is 109 Å². The van der Waals surface area contributed by atoms with Crippen molar-refractivity contribution < 1.29 is 4.79 Å². The number of nitrogens with one attached hydrogen (secondary N) is 1. The Balaban J connectivity index is 2.21. The summed E-state index contributed by atoms with van der Waals surface area (Å²) in [7, 11) is 0. The minimum absolute atomic E-state index is 0.0289. The number of aldehydes is 1. The molecule has 5 nitrogen and oxygen atoms in total. The van der Waals surface area contributed by atoms with E-state index in [1.807, 2.05) is 30.3 Å². The molecule has 2 aromatic rings. The van der Waals surface area contributed by atoms with E-state index in [-0.39, 0.29) is 16.7 Å². The van der Waals surface area contributed by atoms with Crippen LogP contribution in [-0.2, 0) is 6.54 Å². The first-order valence-electron chi connectivity index (χ1n) is 5.26. The molecule has 0 atom stereocenters. The topological polar surface area (TPSA) is 80.9 Å². The predicted molar refractivity (Wildman–Crippen MR) is 70.6 cm³/mol. The van der Waals surface area contributed by atoms with E-state index in [4.69, 9.17) is 17.3 Å². The van der Waals surface area contributed by atoms with Crippen molar-refractivity contribution in [3.8, 4) is 0 Å². The van der Waals surface area contributed by atoms with Gasteiger partial charge in [0.1, 0.15) is 11.0 Å². The number of benzene rings is 1. The van der Waals surface area contributed by atoms with E-state index in [9.17, 15) is 4.79 Å². The largest absolute Gasteiger partial charge is 0.368 e. The van der Waals surface area contributed by atoms with Crippen LogP contribution in [0.25, 0.3) is 0 Å². The fraction of sp³-hybridized carbons (Fsp3) is 0.0833. The average molecular weight is 263 g/mol. The van der Waals surface area contributed by atoms with Crippen LogP contribution < -0.4 is 11.1 Å². The molecule has 0 aliphatic heterocycles. The van der Waals surface area contributed by atoms with Gasteiger partial charge in [-0.05, 0) is 5.56 Å². The Bertz CT molecular complexity index is 560. The molecule has 0 bridgehead atoms. The lowest BCUT2D eigenvalue weighted by Gasteiger charge is -2.09. The highest BCUT2D eigenvalue weighted by atomic mass is 35.5. The summed E-state index contributed by atoms with van der Waals surface area (Å²) in [6.45, 7) is 0.522. The molecule has 0 radical (unpaired) electrons. The van der Waals surface area contributed by atoms with Crippen LogP contribution in [0.2, 0.25) is 5.15 Å². The van der Waals surface area contributed by atoms with Gasteiger partial charge in [-0.3, -0.25) is 4.79 Å². The number of halogens is 1. The smallest absolute Gasteiger partial charge is 0.223 e. The third-order valence-electron chi connectivity index (χ3n) is 2.34. The fourth-order valence-electron chi connectivity index (χ4n) is 1.48. The number of nitrogen functional groups attached to an aromatic ring is 1. The third-order valence-corrected chi connectivity index (χ3v) is 2.63. The molecule has 1 aromatic carbocycles. The number of nitrogens with two attached hydrogens (primary N) is 1. The molecule has 18 heavy (non-hydrogen) atoms. The summed E-state index contributed by atoms with van der Waals surface area (Å²) < 4.78 is 0. The van der Waals surface area contributed by atoms with Crippen LogP contribution in [0.4, 0.5) is 11.8 Å². The monoisotopic (exact) mass is 262 g/mol. The second-order valence-corrected chi connectivity index (χ2v) is 3.95. The van der Waals surface area contributed by atoms with E-state index in [0.717, 1.165) is 5.56 Å². The molecule has 2 rings (SSSR count). The zero-order chi connectivity index (χ0) is 13.0. The van der Waals surface area contributed by atoms with Crippen molar-refractivity contribution in [2.75, 3.05) is 11.1 Å². The van der Waals surface area contributed by atoms with Crippen LogP contribution in [0.15, 0.2) is 30.3 Å². The Morgan fingerprint density at radius 3 is 2.67 bits per heavy atom. The maximum absolute atomic E-state index is 10.9. The molecule has 0 saturated heterocycles. The zero-order valence-electron chi connectivity index (χ0n) is 9.43. The molecule has 3 N–H and O–H groups in total. The minimum Gasteiger partial charge on any atom is -0.368 e. The van der Waals surface area contributed by atoms with Gasteiger partial charge in [0.2, 0.25) is 5.95 Å². The quantitative estimate of drug-likeness (QED) is 0.652. The maximum Gasteiger partial charge on any atom is 0.223 e. The van der Waals surface area contributed by atoms with Gasteiger partial charge >= 0.3 is 0 Å².